The van der Waals surface area contributed by atoms with E-state index in [2.05, 4.69) is 27.0 Å². The van der Waals surface area contributed by atoms with Crippen molar-refractivity contribution in [1.82, 2.24) is 19.8 Å². The molecule has 2 atom stereocenters. The van der Waals surface area contributed by atoms with Gasteiger partial charge in [0.25, 0.3) is 0 Å². The predicted molar refractivity (Wildman–Crippen MR) is 121 cm³/mol. The van der Waals surface area contributed by atoms with Gasteiger partial charge < -0.3 is 9.64 Å². The van der Waals surface area contributed by atoms with E-state index in [1.165, 1.54) is 5.56 Å². The molecule has 184 valence electrons. The molecular formula is C24H30F3N5O2. The second-order valence-corrected chi connectivity index (χ2v) is 9.12. The van der Waals surface area contributed by atoms with Crippen LogP contribution in [-0.2, 0) is 17.5 Å². The van der Waals surface area contributed by atoms with Crippen molar-refractivity contribution < 1.29 is 22.7 Å². The molecule has 7 nitrogen and oxygen atoms in total. The van der Waals surface area contributed by atoms with Crippen molar-refractivity contribution in [3.05, 3.63) is 53.9 Å². The molecule has 2 aliphatic rings. The van der Waals surface area contributed by atoms with Crippen molar-refractivity contribution in [3.63, 3.8) is 0 Å². The minimum atomic E-state index is -4.47. The normalized spacial score (nSPS) is 22.6. The number of rotatable bonds is 4. The number of benzene rings is 1. The number of alkyl halides is 3. The van der Waals surface area contributed by atoms with Crippen LogP contribution in [0, 0.1) is 0 Å². The summed E-state index contributed by atoms with van der Waals surface area (Å²) in [7, 11) is 0. The first-order valence-corrected chi connectivity index (χ1v) is 11.6. The zero-order chi connectivity index (χ0) is 24.3. The van der Waals surface area contributed by atoms with Gasteiger partial charge in [-0.2, -0.15) is 13.2 Å². The number of hydrogen-bond donors (Lipinski definition) is 0. The van der Waals surface area contributed by atoms with E-state index in [0.29, 0.717) is 13.1 Å². The number of aromatic nitrogens is 2. The highest BCUT2D eigenvalue weighted by atomic mass is 19.4. The molecular weight excluding hydrogens is 447 g/mol. The van der Waals surface area contributed by atoms with Crippen molar-refractivity contribution >= 4 is 12.0 Å². The molecule has 2 aromatic rings. The Labute approximate surface area is 197 Å². The molecule has 2 fully saturated rings. The number of carbonyl (C=O) groups is 1. The van der Waals surface area contributed by atoms with E-state index in [9.17, 15) is 18.0 Å². The lowest BCUT2D eigenvalue weighted by Gasteiger charge is -2.44. The van der Waals surface area contributed by atoms with Gasteiger partial charge in [-0.1, -0.05) is 30.3 Å². The molecule has 0 aliphatic carbocycles. The summed E-state index contributed by atoms with van der Waals surface area (Å²) < 4.78 is 44.2. The van der Waals surface area contributed by atoms with Gasteiger partial charge in [-0.3, -0.25) is 9.80 Å². The first kappa shape index (κ1) is 24.3. The molecule has 3 heterocycles. The molecule has 0 N–H and O–H groups in total. The lowest BCUT2D eigenvalue weighted by molar-refractivity contribution is -0.138. The fourth-order valence-corrected chi connectivity index (χ4v) is 4.71. The number of hydrogen-bond acceptors (Lipinski definition) is 6. The number of nitrogens with zero attached hydrogens (tertiary/aromatic N) is 5. The van der Waals surface area contributed by atoms with Crippen LogP contribution >= 0.6 is 0 Å². The van der Waals surface area contributed by atoms with Crippen molar-refractivity contribution in [2.75, 3.05) is 31.1 Å². The van der Waals surface area contributed by atoms with Crippen molar-refractivity contribution in [3.8, 4) is 0 Å². The largest absolute Gasteiger partial charge is 0.446 e. The quantitative estimate of drug-likeness (QED) is 0.658. The fraction of sp³-hybridized carbons (Fsp3) is 0.542. The molecule has 1 amide bonds. The van der Waals surface area contributed by atoms with Gasteiger partial charge in [0, 0.05) is 45.1 Å². The van der Waals surface area contributed by atoms with Gasteiger partial charge in [0.05, 0.1) is 17.6 Å². The second kappa shape index (κ2) is 10.2. The Kier molecular flexibility index (Phi) is 7.25. The van der Waals surface area contributed by atoms with Crippen LogP contribution in [0.1, 0.15) is 37.8 Å². The first-order valence-electron chi connectivity index (χ1n) is 11.6. The van der Waals surface area contributed by atoms with E-state index in [4.69, 9.17) is 4.74 Å². The van der Waals surface area contributed by atoms with Crippen LogP contribution in [0.4, 0.5) is 23.9 Å². The van der Waals surface area contributed by atoms with Crippen molar-refractivity contribution in [2.24, 2.45) is 0 Å². The zero-order valence-electron chi connectivity index (χ0n) is 19.4. The number of piperazine rings is 1. The van der Waals surface area contributed by atoms with Crippen LogP contribution in [0.5, 0.6) is 0 Å². The van der Waals surface area contributed by atoms with E-state index in [-0.39, 0.29) is 30.2 Å². The zero-order valence-corrected chi connectivity index (χ0v) is 19.4. The maximum absolute atomic E-state index is 13.0. The Bertz CT molecular complexity index is 937. The minimum Gasteiger partial charge on any atom is -0.446 e. The number of carbonyl (C=O) groups excluding carboxylic acids is 1. The molecule has 0 radical (unpaired) electrons. The van der Waals surface area contributed by atoms with Crippen LogP contribution in [0.2, 0.25) is 0 Å². The first-order chi connectivity index (χ1) is 16.2. The Morgan fingerprint density at radius 1 is 1.03 bits per heavy atom. The molecule has 0 saturated carbocycles. The average molecular weight is 478 g/mol. The fourth-order valence-electron chi connectivity index (χ4n) is 4.71. The standard InChI is InChI=1S/C24H30F3N5O2/c1-17-14-31(22-28-12-20(13-29-22)24(25,26)27)15-18(2)32(17)23(33)34-21-8-10-30(11-9-21)16-19-6-4-3-5-7-19/h3-7,12-13,17-18,21H,8-11,14-16H2,1-2H3/t17-,18+. The molecule has 2 saturated heterocycles. The van der Waals surface area contributed by atoms with E-state index in [1.807, 2.05) is 32.0 Å². The molecule has 0 spiro atoms. The third-order valence-corrected chi connectivity index (χ3v) is 6.43. The van der Waals surface area contributed by atoms with E-state index in [1.54, 1.807) is 9.80 Å². The van der Waals surface area contributed by atoms with Gasteiger partial charge in [0.2, 0.25) is 5.95 Å². The summed E-state index contributed by atoms with van der Waals surface area (Å²) in [5.74, 6) is 0.227. The van der Waals surface area contributed by atoms with E-state index in [0.717, 1.165) is 44.9 Å². The van der Waals surface area contributed by atoms with Gasteiger partial charge in [-0.25, -0.2) is 14.8 Å². The van der Waals surface area contributed by atoms with Gasteiger partial charge in [-0.15, -0.1) is 0 Å². The summed E-state index contributed by atoms with van der Waals surface area (Å²) in [6.45, 7) is 7.27. The lowest BCUT2D eigenvalue weighted by Crippen LogP contribution is -2.59. The maximum atomic E-state index is 13.0. The lowest BCUT2D eigenvalue weighted by atomic mass is 10.1. The van der Waals surface area contributed by atoms with Crippen molar-refractivity contribution in [1.29, 1.82) is 0 Å². The van der Waals surface area contributed by atoms with Crippen LogP contribution in [0.3, 0.4) is 0 Å². The molecule has 0 bridgehead atoms. The Hall–Kier alpha value is -2.88. The average Bonchev–Trinajstić information content (AvgIpc) is 2.80. The van der Waals surface area contributed by atoms with Gasteiger partial charge in [0.1, 0.15) is 6.10 Å². The van der Waals surface area contributed by atoms with Gasteiger partial charge in [-0.05, 0) is 32.3 Å². The summed E-state index contributed by atoms with van der Waals surface area (Å²) >= 11 is 0. The number of halogens is 3. The summed E-state index contributed by atoms with van der Waals surface area (Å²) in [6, 6.07) is 9.92. The Morgan fingerprint density at radius 3 is 2.18 bits per heavy atom. The van der Waals surface area contributed by atoms with Crippen molar-refractivity contribution in [2.45, 2.75) is 57.6 Å². The maximum Gasteiger partial charge on any atom is 0.419 e. The topological polar surface area (TPSA) is 61.8 Å². The Balaban J connectivity index is 1.28. The molecule has 1 aromatic carbocycles. The number of amides is 1. The summed E-state index contributed by atoms with van der Waals surface area (Å²) in [4.78, 5) is 26.7. The predicted octanol–water partition coefficient (Wildman–Crippen LogP) is 4.20. The third kappa shape index (κ3) is 5.78. The Morgan fingerprint density at radius 2 is 1.62 bits per heavy atom. The number of piperidine rings is 1. The van der Waals surface area contributed by atoms with Crippen LogP contribution in [-0.4, -0.2) is 70.2 Å². The molecule has 0 unspecified atom stereocenters. The SMILES string of the molecule is C[C@@H]1CN(c2ncc(C(F)(F)F)cn2)C[C@H](C)N1C(=O)OC1CCN(Cc2ccccc2)CC1. The van der Waals surface area contributed by atoms with Gasteiger partial charge in [0.15, 0.2) is 0 Å². The van der Waals surface area contributed by atoms with Crippen LogP contribution in [0.25, 0.3) is 0 Å². The minimum absolute atomic E-state index is 0.116. The van der Waals surface area contributed by atoms with E-state index < -0.39 is 11.7 Å². The number of likely N-dealkylation sites (tertiary alicyclic amines) is 1. The number of ether oxygens (including phenoxy) is 1. The highest BCUT2D eigenvalue weighted by Crippen LogP contribution is 2.29. The second-order valence-electron chi connectivity index (χ2n) is 9.12. The van der Waals surface area contributed by atoms with E-state index >= 15 is 0 Å². The van der Waals surface area contributed by atoms with Crippen LogP contribution in [0.15, 0.2) is 42.7 Å². The molecule has 2 aliphatic heterocycles. The monoisotopic (exact) mass is 477 g/mol. The smallest absolute Gasteiger partial charge is 0.419 e. The van der Waals surface area contributed by atoms with Crippen LogP contribution < -0.4 is 4.90 Å². The van der Waals surface area contributed by atoms with Gasteiger partial charge >= 0.3 is 12.3 Å². The molecule has 1 aromatic heterocycles. The number of anilines is 1. The molecule has 10 heteroatoms. The summed E-state index contributed by atoms with van der Waals surface area (Å²) in [6.07, 6.45) is -1.75. The third-order valence-electron chi connectivity index (χ3n) is 6.43. The summed E-state index contributed by atoms with van der Waals surface area (Å²) in [5.41, 5.74) is 0.393. The highest BCUT2D eigenvalue weighted by molar-refractivity contribution is 5.69. The molecule has 4 rings (SSSR count). The summed E-state index contributed by atoms with van der Waals surface area (Å²) in [5, 5.41) is 0. The molecule has 34 heavy (non-hydrogen) atoms. The highest BCUT2D eigenvalue weighted by Gasteiger charge is 2.37.